The normalized spacial score (nSPS) is 22.6. The molecule has 0 aromatic heterocycles. The number of nitrogens with zero attached hydrogens (tertiary/aromatic N) is 1. The number of nitrogens with one attached hydrogen (secondary N) is 1. The molecule has 2 heterocycles. The minimum absolute atomic E-state index is 0.120. The molecule has 6 heteroatoms. The summed E-state index contributed by atoms with van der Waals surface area (Å²) in [5.74, 6) is -1.27. The summed E-state index contributed by atoms with van der Waals surface area (Å²) in [5, 5.41) is 12.2. The van der Waals surface area contributed by atoms with Gasteiger partial charge in [0.2, 0.25) is 0 Å². The van der Waals surface area contributed by atoms with Gasteiger partial charge in [-0.05, 0) is 37.3 Å². The summed E-state index contributed by atoms with van der Waals surface area (Å²) >= 11 is 0. The molecule has 2 amide bonds. The number of hydrogen-bond acceptors (Lipinski definition) is 3. The Labute approximate surface area is 148 Å². The predicted molar refractivity (Wildman–Crippen MR) is 93.6 cm³/mol. The van der Waals surface area contributed by atoms with Crippen LogP contribution in [0.3, 0.4) is 0 Å². The van der Waals surface area contributed by atoms with Crippen molar-refractivity contribution in [3.05, 3.63) is 35.4 Å². The molecule has 1 unspecified atom stereocenters. The fraction of sp³-hybridized carbons (Fsp3) is 0.579. The monoisotopic (exact) mass is 346 g/mol. The Morgan fingerprint density at radius 2 is 2.04 bits per heavy atom. The molecule has 2 aliphatic heterocycles. The van der Waals surface area contributed by atoms with Crippen LogP contribution in [0.1, 0.15) is 30.4 Å². The number of urea groups is 1. The Morgan fingerprint density at radius 1 is 1.32 bits per heavy atom. The van der Waals surface area contributed by atoms with E-state index in [1.54, 1.807) is 4.90 Å². The van der Waals surface area contributed by atoms with Crippen LogP contribution in [-0.4, -0.2) is 54.9 Å². The number of benzene rings is 1. The maximum atomic E-state index is 12.5. The molecular formula is C19H26N2O4. The molecule has 2 fully saturated rings. The Morgan fingerprint density at radius 3 is 2.68 bits per heavy atom. The fourth-order valence-electron chi connectivity index (χ4n) is 3.97. The third-order valence-corrected chi connectivity index (χ3v) is 5.57. The predicted octanol–water partition coefficient (Wildman–Crippen LogP) is 2.16. The van der Waals surface area contributed by atoms with Crippen molar-refractivity contribution in [2.75, 3.05) is 32.8 Å². The van der Waals surface area contributed by atoms with Crippen molar-refractivity contribution in [1.29, 1.82) is 0 Å². The van der Waals surface area contributed by atoms with Gasteiger partial charge in [0, 0.05) is 38.3 Å². The van der Waals surface area contributed by atoms with Crippen molar-refractivity contribution in [1.82, 2.24) is 10.2 Å². The van der Waals surface area contributed by atoms with E-state index in [0.717, 1.165) is 12.8 Å². The van der Waals surface area contributed by atoms with E-state index >= 15 is 0 Å². The summed E-state index contributed by atoms with van der Waals surface area (Å²) < 4.78 is 5.54. The fourth-order valence-corrected chi connectivity index (χ4v) is 3.97. The summed E-state index contributed by atoms with van der Waals surface area (Å²) in [7, 11) is 0. The molecule has 1 atom stereocenters. The summed E-state index contributed by atoms with van der Waals surface area (Å²) in [4.78, 5) is 25.2. The second-order valence-electron chi connectivity index (χ2n) is 7.14. The van der Waals surface area contributed by atoms with E-state index < -0.39 is 11.9 Å². The second-order valence-corrected chi connectivity index (χ2v) is 7.14. The molecule has 0 bridgehead atoms. The number of aryl methyl sites for hydroxylation is 1. The first-order valence-corrected chi connectivity index (χ1v) is 8.91. The van der Waals surface area contributed by atoms with Gasteiger partial charge >= 0.3 is 12.0 Å². The molecule has 6 nitrogen and oxygen atoms in total. The van der Waals surface area contributed by atoms with Crippen LogP contribution >= 0.6 is 0 Å². The van der Waals surface area contributed by atoms with E-state index in [0.29, 0.717) is 39.3 Å². The maximum absolute atomic E-state index is 12.5. The van der Waals surface area contributed by atoms with Crippen LogP contribution in [0.4, 0.5) is 4.79 Å². The lowest BCUT2D eigenvalue weighted by Crippen LogP contribution is -2.48. The van der Waals surface area contributed by atoms with Crippen molar-refractivity contribution < 1.29 is 19.4 Å². The average Bonchev–Trinajstić information content (AvgIpc) is 3.11. The van der Waals surface area contributed by atoms with Gasteiger partial charge in [-0.3, -0.25) is 4.79 Å². The zero-order valence-electron chi connectivity index (χ0n) is 14.7. The van der Waals surface area contributed by atoms with Gasteiger partial charge in [-0.25, -0.2) is 4.79 Å². The van der Waals surface area contributed by atoms with Crippen LogP contribution < -0.4 is 5.32 Å². The highest BCUT2D eigenvalue weighted by atomic mass is 16.5. The number of aliphatic carboxylic acids is 1. The number of carbonyl (C=O) groups is 2. The number of hydrogen-bond donors (Lipinski definition) is 2. The van der Waals surface area contributed by atoms with Gasteiger partial charge in [0.25, 0.3) is 0 Å². The van der Waals surface area contributed by atoms with E-state index in [-0.39, 0.29) is 11.4 Å². The Hall–Kier alpha value is -2.08. The SMILES string of the molecule is Cc1ccccc1C1(CNC(=O)N2CCC(C(=O)O)C2)CCOCC1. The quantitative estimate of drug-likeness (QED) is 0.876. The minimum atomic E-state index is -0.823. The standard InChI is InChI=1S/C19H26N2O4/c1-14-4-2-3-5-16(14)19(7-10-25-11-8-19)13-20-18(24)21-9-6-15(12-21)17(22)23/h2-5,15H,6-13H2,1H3,(H,20,24)(H,22,23). The summed E-state index contributed by atoms with van der Waals surface area (Å²) in [6, 6.07) is 8.15. The molecule has 136 valence electrons. The van der Waals surface area contributed by atoms with Crippen LogP contribution in [0.25, 0.3) is 0 Å². The van der Waals surface area contributed by atoms with Gasteiger partial charge in [0.15, 0.2) is 0 Å². The van der Waals surface area contributed by atoms with E-state index in [2.05, 4.69) is 24.4 Å². The lowest BCUT2D eigenvalue weighted by atomic mass is 9.72. The van der Waals surface area contributed by atoms with E-state index in [1.807, 2.05) is 12.1 Å². The highest BCUT2D eigenvalue weighted by Gasteiger charge is 2.37. The molecule has 3 rings (SSSR count). The molecule has 0 saturated carbocycles. The van der Waals surface area contributed by atoms with Gasteiger partial charge in [-0.1, -0.05) is 24.3 Å². The number of likely N-dealkylation sites (tertiary alicyclic amines) is 1. The van der Waals surface area contributed by atoms with Gasteiger partial charge in [-0.15, -0.1) is 0 Å². The molecule has 2 N–H and O–H groups in total. The Kier molecular flexibility index (Phi) is 5.27. The molecule has 0 aliphatic carbocycles. The molecule has 0 radical (unpaired) electrons. The Balaban J connectivity index is 1.69. The van der Waals surface area contributed by atoms with E-state index in [9.17, 15) is 9.59 Å². The van der Waals surface area contributed by atoms with Crippen LogP contribution in [0, 0.1) is 12.8 Å². The van der Waals surface area contributed by atoms with Crippen LogP contribution in [-0.2, 0) is 14.9 Å². The minimum Gasteiger partial charge on any atom is -0.481 e. The highest BCUT2D eigenvalue weighted by molar-refractivity contribution is 5.77. The third kappa shape index (κ3) is 3.79. The topological polar surface area (TPSA) is 78.9 Å². The zero-order valence-corrected chi connectivity index (χ0v) is 14.7. The number of carboxylic acids is 1. The zero-order chi connectivity index (χ0) is 17.9. The van der Waals surface area contributed by atoms with E-state index in [1.165, 1.54) is 11.1 Å². The van der Waals surface area contributed by atoms with Gasteiger partial charge in [-0.2, -0.15) is 0 Å². The molecule has 1 aromatic rings. The summed E-state index contributed by atoms with van der Waals surface area (Å²) in [5.41, 5.74) is 2.37. The maximum Gasteiger partial charge on any atom is 0.317 e. The number of carboxylic acid groups (broad SMARTS) is 1. The number of rotatable bonds is 4. The lowest BCUT2D eigenvalue weighted by Gasteiger charge is -2.39. The van der Waals surface area contributed by atoms with Crippen molar-refractivity contribution in [2.45, 2.75) is 31.6 Å². The number of ether oxygens (including phenoxy) is 1. The van der Waals surface area contributed by atoms with Crippen LogP contribution in [0.5, 0.6) is 0 Å². The second kappa shape index (κ2) is 7.44. The number of carbonyl (C=O) groups excluding carboxylic acids is 1. The molecule has 2 aliphatic rings. The number of amides is 2. The van der Waals surface area contributed by atoms with Crippen molar-refractivity contribution in [3.63, 3.8) is 0 Å². The van der Waals surface area contributed by atoms with Crippen molar-refractivity contribution in [3.8, 4) is 0 Å². The van der Waals surface area contributed by atoms with Gasteiger partial charge < -0.3 is 20.1 Å². The lowest BCUT2D eigenvalue weighted by molar-refractivity contribution is -0.141. The first-order chi connectivity index (χ1) is 12.0. The van der Waals surface area contributed by atoms with Gasteiger partial charge in [0.05, 0.1) is 5.92 Å². The van der Waals surface area contributed by atoms with Crippen molar-refractivity contribution in [2.24, 2.45) is 5.92 Å². The van der Waals surface area contributed by atoms with Crippen molar-refractivity contribution >= 4 is 12.0 Å². The van der Waals surface area contributed by atoms with Crippen LogP contribution in [0.2, 0.25) is 0 Å². The van der Waals surface area contributed by atoms with E-state index in [4.69, 9.17) is 9.84 Å². The molecular weight excluding hydrogens is 320 g/mol. The molecule has 1 aromatic carbocycles. The largest absolute Gasteiger partial charge is 0.481 e. The average molecular weight is 346 g/mol. The Bertz CT molecular complexity index is 640. The third-order valence-electron chi connectivity index (χ3n) is 5.57. The molecule has 0 spiro atoms. The van der Waals surface area contributed by atoms with Crippen LogP contribution in [0.15, 0.2) is 24.3 Å². The summed E-state index contributed by atoms with van der Waals surface area (Å²) in [6.07, 6.45) is 2.27. The first kappa shape index (κ1) is 17.7. The molecule has 25 heavy (non-hydrogen) atoms. The molecule has 2 saturated heterocycles. The summed E-state index contributed by atoms with van der Waals surface area (Å²) in [6.45, 7) is 4.83. The smallest absolute Gasteiger partial charge is 0.317 e. The first-order valence-electron chi connectivity index (χ1n) is 8.91. The highest BCUT2D eigenvalue weighted by Crippen LogP contribution is 2.36. The van der Waals surface area contributed by atoms with Gasteiger partial charge in [0.1, 0.15) is 0 Å².